The molecular weight excluding hydrogens is 274 g/mol. The number of aromatic nitrogens is 1. The number of nitrogens with one attached hydrogen (secondary N) is 1. The van der Waals surface area contributed by atoms with Crippen LogP contribution in [0.2, 0.25) is 0 Å². The first-order valence-electron chi connectivity index (χ1n) is 5.26. The Hall–Kier alpha value is -1.22. The van der Waals surface area contributed by atoms with Crippen molar-refractivity contribution >= 4 is 21.4 Å². The molecule has 6 nitrogen and oxygen atoms in total. The fourth-order valence-electron chi connectivity index (χ4n) is 1.39. The molecule has 2 heterocycles. The van der Waals surface area contributed by atoms with Crippen LogP contribution in [-0.4, -0.2) is 19.9 Å². The van der Waals surface area contributed by atoms with Gasteiger partial charge in [0.2, 0.25) is 5.09 Å². The molecule has 2 aromatic rings. The number of nitrogens with two attached hydrogens (primary N) is 1. The second-order valence-electron chi connectivity index (χ2n) is 3.62. The molecule has 2 aromatic heterocycles. The Labute approximate surface area is 109 Å². The van der Waals surface area contributed by atoms with Crippen LogP contribution in [0, 0.1) is 0 Å². The van der Waals surface area contributed by atoms with Gasteiger partial charge in [-0.3, -0.25) is 0 Å². The van der Waals surface area contributed by atoms with Crippen LogP contribution >= 0.6 is 11.3 Å². The highest BCUT2D eigenvalue weighted by Crippen LogP contribution is 2.11. The normalized spacial score (nSPS) is 11.8. The summed E-state index contributed by atoms with van der Waals surface area (Å²) in [6, 6.07) is 2.95. The van der Waals surface area contributed by atoms with Crippen LogP contribution in [0.3, 0.4) is 0 Å². The predicted octanol–water partition coefficient (Wildman–Crippen LogP) is 0.716. The van der Waals surface area contributed by atoms with Gasteiger partial charge < -0.3 is 9.73 Å². The van der Waals surface area contributed by atoms with E-state index in [4.69, 9.17) is 9.56 Å². The Morgan fingerprint density at radius 1 is 1.44 bits per heavy atom. The van der Waals surface area contributed by atoms with Gasteiger partial charge in [-0.1, -0.05) is 0 Å². The summed E-state index contributed by atoms with van der Waals surface area (Å²) in [6.45, 7) is 1.21. The Bertz CT molecular complexity index is 590. The van der Waals surface area contributed by atoms with Gasteiger partial charge in [-0.05, 0) is 12.1 Å². The van der Waals surface area contributed by atoms with Crippen molar-refractivity contribution in [1.82, 2.24) is 10.3 Å². The summed E-state index contributed by atoms with van der Waals surface area (Å²) in [5.74, 6) is 0.540. The maximum Gasteiger partial charge on any atom is 0.271 e. The fraction of sp³-hybridized carbons (Fsp3) is 0.300. The third kappa shape index (κ3) is 3.64. The molecule has 18 heavy (non-hydrogen) atoms. The van der Waals surface area contributed by atoms with E-state index < -0.39 is 10.0 Å². The molecule has 0 aliphatic heterocycles. The molecule has 0 saturated heterocycles. The highest BCUT2D eigenvalue weighted by Gasteiger charge is 2.12. The second-order valence-corrected chi connectivity index (χ2v) is 6.09. The number of primary sulfonamides is 1. The Kier molecular flexibility index (Phi) is 4.12. The third-order valence-corrected chi connectivity index (χ3v) is 3.84. The molecule has 0 spiro atoms. The van der Waals surface area contributed by atoms with Crippen molar-refractivity contribution in [2.24, 2.45) is 5.14 Å². The lowest BCUT2D eigenvalue weighted by molar-refractivity contribution is 0.403. The molecule has 98 valence electrons. The predicted molar refractivity (Wildman–Crippen MR) is 67.6 cm³/mol. The molecule has 0 atom stereocenters. The quantitative estimate of drug-likeness (QED) is 0.763. The minimum absolute atomic E-state index is 0.209. The summed E-state index contributed by atoms with van der Waals surface area (Å²) in [7, 11) is -3.75. The van der Waals surface area contributed by atoms with E-state index in [1.165, 1.54) is 6.07 Å². The summed E-state index contributed by atoms with van der Waals surface area (Å²) in [5, 5.41) is 10.9. The number of thiazole rings is 1. The number of nitrogens with zero attached hydrogens (tertiary/aromatic N) is 1. The van der Waals surface area contributed by atoms with Gasteiger partial charge in [0.15, 0.2) is 0 Å². The van der Waals surface area contributed by atoms with Crippen LogP contribution in [0.4, 0.5) is 0 Å². The lowest BCUT2D eigenvalue weighted by Gasteiger charge is -2.00. The van der Waals surface area contributed by atoms with Crippen molar-refractivity contribution in [3.63, 3.8) is 0 Å². The summed E-state index contributed by atoms with van der Waals surface area (Å²) in [6.07, 6.45) is 2.60. The molecule has 2 rings (SSSR count). The van der Waals surface area contributed by atoms with Crippen LogP contribution in [0.1, 0.15) is 10.8 Å². The molecule has 0 fully saturated rings. The van der Waals surface area contributed by atoms with E-state index in [0.29, 0.717) is 12.3 Å². The number of hydrogen-bond donors (Lipinski definition) is 2. The van der Waals surface area contributed by atoms with E-state index in [0.717, 1.165) is 18.0 Å². The molecule has 8 heteroatoms. The van der Waals surface area contributed by atoms with Crippen molar-refractivity contribution < 1.29 is 12.8 Å². The number of furan rings is 1. The van der Waals surface area contributed by atoms with Crippen LogP contribution in [0.15, 0.2) is 33.2 Å². The van der Waals surface area contributed by atoms with Gasteiger partial charge in [0, 0.05) is 24.5 Å². The van der Waals surface area contributed by atoms with Gasteiger partial charge in [0.1, 0.15) is 5.76 Å². The lowest BCUT2D eigenvalue weighted by atomic mass is 10.4. The molecule has 0 unspecified atom stereocenters. The zero-order chi connectivity index (χ0) is 13.0. The zero-order valence-electron chi connectivity index (χ0n) is 9.50. The Morgan fingerprint density at radius 3 is 2.89 bits per heavy atom. The molecule has 0 aromatic carbocycles. The van der Waals surface area contributed by atoms with E-state index in [-0.39, 0.29) is 5.09 Å². The van der Waals surface area contributed by atoms with E-state index in [1.54, 1.807) is 23.6 Å². The van der Waals surface area contributed by atoms with Crippen molar-refractivity contribution in [3.8, 4) is 0 Å². The molecule has 0 radical (unpaired) electrons. The number of hydrogen-bond acceptors (Lipinski definition) is 6. The molecule has 0 bridgehead atoms. The number of rotatable bonds is 6. The van der Waals surface area contributed by atoms with Gasteiger partial charge in [0.05, 0.1) is 11.6 Å². The topological polar surface area (TPSA) is 98.2 Å². The van der Waals surface area contributed by atoms with Crippen LogP contribution in [-0.2, 0) is 23.0 Å². The molecule has 0 saturated carbocycles. The monoisotopic (exact) mass is 287 g/mol. The van der Waals surface area contributed by atoms with Gasteiger partial charge in [-0.15, -0.1) is 11.3 Å². The van der Waals surface area contributed by atoms with Crippen LogP contribution in [0.25, 0.3) is 0 Å². The minimum Gasteiger partial charge on any atom is -0.447 e. The molecule has 3 N–H and O–H groups in total. The summed E-state index contributed by atoms with van der Waals surface area (Å²) >= 11 is 1.61. The first-order chi connectivity index (χ1) is 8.55. The van der Waals surface area contributed by atoms with Gasteiger partial charge in [-0.25, -0.2) is 18.5 Å². The van der Waals surface area contributed by atoms with Crippen molar-refractivity contribution in [2.45, 2.75) is 18.1 Å². The second kappa shape index (κ2) is 5.61. The van der Waals surface area contributed by atoms with E-state index in [9.17, 15) is 8.42 Å². The molecule has 0 aliphatic carbocycles. The van der Waals surface area contributed by atoms with Gasteiger partial charge in [-0.2, -0.15) is 0 Å². The third-order valence-electron chi connectivity index (χ3n) is 2.22. The van der Waals surface area contributed by atoms with Crippen molar-refractivity contribution in [3.05, 3.63) is 34.5 Å². The van der Waals surface area contributed by atoms with Crippen molar-refractivity contribution in [2.75, 3.05) is 6.54 Å². The van der Waals surface area contributed by atoms with Crippen LogP contribution < -0.4 is 10.5 Å². The van der Waals surface area contributed by atoms with Gasteiger partial charge in [0.25, 0.3) is 10.0 Å². The molecule has 0 aliphatic rings. The summed E-state index contributed by atoms with van der Waals surface area (Å²) in [4.78, 5) is 4.16. The fourth-order valence-corrected chi connectivity index (χ4v) is 2.49. The summed E-state index contributed by atoms with van der Waals surface area (Å²) < 4.78 is 27.1. The van der Waals surface area contributed by atoms with E-state index in [2.05, 4.69) is 10.3 Å². The zero-order valence-corrected chi connectivity index (χ0v) is 11.1. The average molecular weight is 287 g/mol. The van der Waals surface area contributed by atoms with E-state index >= 15 is 0 Å². The number of sulfonamides is 1. The summed E-state index contributed by atoms with van der Waals surface area (Å²) in [5.41, 5.74) is 0. The average Bonchev–Trinajstić information content (AvgIpc) is 2.95. The first-order valence-corrected chi connectivity index (χ1v) is 7.69. The lowest BCUT2D eigenvalue weighted by Crippen LogP contribution is -2.16. The largest absolute Gasteiger partial charge is 0.447 e. The smallest absolute Gasteiger partial charge is 0.271 e. The maximum absolute atomic E-state index is 11.0. The van der Waals surface area contributed by atoms with E-state index in [1.807, 2.05) is 5.38 Å². The van der Waals surface area contributed by atoms with Crippen molar-refractivity contribution in [1.29, 1.82) is 0 Å². The molecule has 0 amide bonds. The first kappa shape index (κ1) is 13.2. The van der Waals surface area contributed by atoms with Crippen LogP contribution in [0.5, 0.6) is 0 Å². The standard InChI is InChI=1S/C10H13N3O3S2/c11-18(14,15)10-2-1-8(16-10)7-12-4-3-9-13-5-6-17-9/h1-2,5-6,12H,3-4,7H2,(H2,11,14,15). The Morgan fingerprint density at radius 2 is 2.28 bits per heavy atom. The van der Waals surface area contributed by atoms with Gasteiger partial charge >= 0.3 is 0 Å². The highest BCUT2D eigenvalue weighted by atomic mass is 32.2. The highest BCUT2D eigenvalue weighted by molar-refractivity contribution is 7.89. The minimum atomic E-state index is -3.75. The maximum atomic E-state index is 11.0. The SMILES string of the molecule is NS(=O)(=O)c1ccc(CNCCc2nccs2)o1. The molecular formula is C10H13N3O3S2. The Balaban J connectivity index is 1.79.